The van der Waals surface area contributed by atoms with Crippen LogP contribution in [-0.2, 0) is 19.1 Å². The number of aromatic amines is 2. The van der Waals surface area contributed by atoms with Crippen LogP contribution in [0.3, 0.4) is 0 Å². The number of methoxy groups -OCH3 is 3. The van der Waals surface area contributed by atoms with E-state index >= 15 is 4.39 Å². The van der Waals surface area contributed by atoms with Gasteiger partial charge in [-0.05, 0) is 85.9 Å². The Morgan fingerprint density at radius 1 is 0.797 bits per heavy atom. The number of carbonyl (C=O) groups excluding carboxylic acids is 4. The molecule has 6 aromatic rings. The summed E-state index contributed by atoms with van der Waals surface area (Å²) in [5.74, 6) is 1.35. The van der Waals surface area contributed by atoms with Crippen LogP contribution >= 0.6 is 0 Å². The largest absolute Gasteiger partial charge is 0.497 e. The number of benzene rings is 3. The maximum atomic E-state index is 16.9. The van der Waals surface area contributed by atoms with Gasteiger partial charge in [0, 0.05) is 34.7 Å². The van der Waals surface area contributed by atoms with Crippen LogP contribution in [0.1, 0.15) is 88.9 Å². The van der Waals surface area contributed by atoms with E-state index in [4.69, 9.17) is 28.9 Å². The summed E-state index contributed by atoms with van der Waals surface area (Å²) in [5.41, 5.74) is 5.20. The number of amides is 4. The average Bonchev–Trinajstić information content (AvgIpc) is 4.01. The number of nitrogens with one attached hydrogen (secondary N) is 4. The van der Waals surface area contributed by atoms with Gasteiger partial charge in [0.2, 0.25) is 18.0 Å². The lowest BCUT2D eigenvalue weighted by Gasteiger charge is -2.32. The molecule has 10 rings (SSSR count). The van der Waals surface area contributed by atoms with Crippen molar-refractivity contribution in [1.29, 1.82) is 0 Å². The van der Waals surface area contributed by atoms with Gasteiger partial charge in [0.25, 0.3) is 0 Å². The second kappa shape index (κ2) is 17.9. The number of carbonyl (C=O) groups is 4. The van der Waals surface area contributed by atoms with Crippen LogP contribution in [0.2, 0.25) is 0 Å². The lowest BCUT2D eigenvalue weighted by atomic mass is 10.0. The third kappa shape index (κ3) is 8.18. The Morgan fingerprint density at radius 2 is 1.48 bits per heavy atom. The third-order valence-corrected chi connectivity index (χ3v) is 14.1. The molecule has 0 spiro atoms. The van der Waals surface area contributed by atoms with Crippen LogP contribution in [-0.4, -0.2) is 104 Å². The molecule has 1 aliphatic carbocycles. The minimum atomic E-state index is -0.770. The smallest absolute Gasteiger partial charge is 0.407 e. The highest BCUT2D eigenvalue weighted by molar-refractivity contribution is 5.93. The summed E-state index contributed by atoms with van der Waals surface area (Å²) in [5, 5.41) is 6.26. The lowest BCUT2D eigenvalue weighted by molar-refractivity contribution is -0.137. The van der Waals surface area contributed by atoms with Gasteiger partial charge >= 0.3 is 12.2 Å². The van der Waals surface area contributed by atoms with Crippen molar-refractivity contribution in [3.63, 3.8) is 0 Å². The molecule has 3 aromatic heterocycles. The van der Waals surface area contributed by atoms with E-state index in [1.807, 2.05) is 91.8 Å². The number of rotatable bonds is 12. The Labute approximate surface area is 398 Å². The highest BCUT2D eigenvalue weighted by Crippen LogP contribution is 2.54. The van der Waals surface area contributed by atoms with Gasteiger partial charge in [0.05, 0.1) is 74.0 Å². The van der Waals surface area contributed by atoms with E-state index in [0.29, 0.717) is 64.5 Å². The van der Waals surface area contributed by atoms with Gasteiger partial charge in [-0.1, -0.05) is 45.9 Å². The van der Waals surface area contributed by atoms with Gasteiger partial charge in [-0.15, -0.1) is 0 Å². The second-order valence-corrected chi connectivity index (χ2v) is 19.1. The Bertz CT molecular complexity index is 2980. The summed E-state index contributed by atoms with van der Waals surface area (Å²) < 4.78 is 41.0. The fraction of sp³-hybridized carbons (Fsp3) is 0.412. The molecule has 3 aromatic carbocycles. The molecule has 17 nitrogen and oxygen atoms in total. The molecule has 7 atom stereocenters. The summed E-state index contributed by atoms with van der Waals surface area (Å²) in [4.78, 5) is 72.2. The van der Waals surface area contributed by atoms with E-state index in [-0.39, 0.29) is 41.8 Å². The third-order valence-electron chi connectivity index (χ3n) is 14.1. The summed E-state index contributed by atoms with van der Waals surface area (Å²) in [6, 6.07) is 16.7. The first kappa shape index (κ1) is 45.4. The molecule has 4 N–H and O–H groups in total. The van der Waals surface area contributed by atoms with E-state index in [2.05, 4.69) is 20.6 Å². The highest BCUT2D eigenvalue weighted by Gasteiger charge is 2.56. The summed E-state index contributed by atoms with van der Waals surface area (Å²) >= 11 is 0. The minimum Gasteiger partial charge on any atom is -0.497 e. The Morgan fingerprint density at radius 3 is 2.16 bits per heavy atom. The molecule has 69 heavy (non-hydrogen) atoms. The van der Waals surface area contributed by atoms with Crippen molar-refractivity contribution in [2.45, 2.75) is 89.8 Å². The number of hydrogen-bond acceptors (Lipinski definition) is 10. The normalized spacial score (nSPS) is 21.0. The summed E-state index contributed by atoms with van der Waals surface area (Å²) in [6.45, 7) is 8.06. The number of aromatic nitrogens is 5. The molecular formula is C51H56FN9O8. The SMILES string of the molecule is COC(=O)N[C@H](C(=O)N1CCC[C@H]1c1ncc(-c2ccc3c(c2)cc2n3C(c3cccc(OC)c3)Oc3cc(-c4cnc([C@@H]5C[C@H]6C[C@H]6N5C(=O)[C@@H](NC(=O)OC)C(C)C)[nH]4)cc(F)c3-2)[nH]1)C(C)C. The number of piperidine rings is 1. The average molecular weight is 942 g/mol. The van der Waals surface area contributed by atoms with Crippen LogP contribution in [0.5, 0.6) is 11.5 Å². The van der Waals surface area contributed by atoms with Crippen LogP contribution in [0.15, 0.2) is 73.1 Å². The van der Waals surface area contributed by atoms with E-state index in [1.54, 1.807) is 24.4 Å². The molecular weight excluding hydrogens is 886 g/mol. The predicted molar refractivity (Wildman–Crippen MR) is 252 cm³/mol. The molecule has 1 saturated carbocycles. The molecule has 0 radical (unpaired) electrons. The van der Waals surface area contributed by atoms with E-state index in [9.17, 15) is 19.2 Å². The molecule has 3 fully saturated rings. The molecule has 6 heterocycles. The monoisotopic (exact) mass is 941 g/mol. The van der Waals surface area contributed by atoms with Crippen LogP contribution in [0, 0.1) is 23.6 Å². The fourth-order valence-electron chi connectivity index (χ4n) is 10.5. The number of hydrogen-bond donors (Lipinski definition) is 4. The number of H-pyrrole nitrogens is 2. The molecule has 4 amide bonds. The zero-order valence-corrected chi connectivity index (χ0v) is 39.5. The number of likely N-dealkylation sites (tertiary alicyclic amines) is 2. The topological polar surface area (TPSA) is 198 Å². The predicted octanol–water partition coefficient (Wildman–Crippen LogP) is 8.26. The van der Waals surface area contributed by atoms with Gasteiger partial charge in [-0.2, -0.15) is 0 Å². The number of alkyl carbamates (subject to hydrolysis) is 2. The number of nitrogens with zero attached hydrogens (tertiary/aromatic N) is 5. The van der Waals surface area contributed by atoms with Crippen molar-refractivity contribution in [2.75, 3.05) is 27.9 Å². The first-order valence-electron chi connectivity index (χ1n) is 23.5. The van der Waals surface area contributed by atoms with Crippen molar-refractivity contribution in [3.05, 3.63) is 96.1 Å². The van der Waals surface area contributed by atoms with Crippen molar-refractivity contribution >= 4 is 34.9 Å². The maximum absolute atomic E-state index is 16.9. The van der Waals surface area contributed by atoms with Crippen LogP contribution in [0.25, 0.3) is 44.7 Å². The summed E-state index contributed by atoms with van der Waals surface area (Å²) in [6.07, 6.45) is 4.50. The zero-order valence-electron chi connectivity index (χ0n) is 39.5. The quantitative estimate of drug-likeness (QED) is 0.0927. The molecule has 18 heteroatoms. The number of imidazole rings is 2. The first-order valence-corrected chi connectivity index (χ1v) is 23.5. The molecule has 360 valence electrons. The van der Waals surface area contributed by atoms with Crippen LogP contribution < -0.4 is 20.1 Å². The minimum absolute atomic E-state index is 0.0571. The van der Waals surface area contributed by atoms with Crippen LogP contribution in [0.4, 0.5) is 14.0 Å². The number of ether oxygens (including phenoxy) is 4. The van der Waals surface area contributed by atoms with E-state index in [1.165, 1.54) is 20.3 Å². The van der Waals surface area contributed by atoms with E-state index in [0.717, 1.165) is 47.0 Å². The van der Waals surface area contributed by atoms with Crippen molar-refractivity contribution < 1.29 is 42.5 Å². The van der Waals surface area contributed by atoms with Crippen molar-refractivity contribution in [1.82, 2.24) is 44.9 Å². The number of fused-ring (bicyclic) bond motifs is 6. The van der Waals surface area contributed by atoms with Crippen molar-refractivity contribution in [2.24, 2.45) is 17.8 Å². The highest BCUT2D eigenvalue weighted by atomic mass is 19.1. The molecule has 1 unspecified atom stereocenters. The fourth-order valence-corrected chi connectivity index (χ4v) is 10.5. The van der Waals surface area contributed by atoms with Gasteiger partial charge in [-0.25, -0.2) is 23.9 Å². The number of halogens is 1. The van der Waals surface area contributed by atoms with Crippen molar-refractivity contribution in [3.8, 4) is 45.3 Å². The van der Waals surface area contributed by atoms with Gasteiger partial charge < -0.3 is 53.9 Å². The van der Waals surface area contributed by atoms with E-state index < -0.39 is 36.3 Å². The van der Waals surface area contributed by atoms with Gasteiger partial charge in [0.1, 0.15) is 41.0 Å². The maximum Gasteiger partial charge on any atom is 0.407 e. The molecule has 3 aliphatic heterocycles. The molecule has 2 saturated heterocycles. The lowest BCUT2D eigenvalue weighted by Crippen LogP contribution is -2.52. The Balaban J connectivity index is 0.971. The Hall–Kier alpha value is -7.37. The van der Waals surface area contributed by atoms with Gasteiger partial charge in [0.15, 0.2) is 0 Å². The summed E-state index contributed by atoms with van der Waals surface area (Å²) in [7, 11) is 4.15. The standard InChI is InChI=1S/C51H56FN9O8/c1-25(2)43(57-50(64)67-6)47(62)59-15-9-12-37(59)45-53-23-34(55-45)27-13-14-36-30(16-27)20-39-42-33(52)18-29(22-41(42)69-49(61(36)39)28-10-8-11-32(17-28)66-5)35-24-54-46(56-35)40-21-31-19-38(31)60(40)48(63)44(26(3)4)58-51(65)68-7/h8,10-11,13-14,16-18,20,22-26,31,37-38,40,43-44,49H,9,12,15,19,21H2,1-7H3,(H,53,55)(H,54,56)(H,57,64)(H,58,65)/t31-,37+,38-,40+,43+,44+,49?/m1/s1. The first-order chi connectivity index (χ1) is 33.3. The molecule has 0 bridgehead atoms. The Kier molecular flexibility index (Phi) is 11.8. The zero-order chi connectivity index (χ0) is 48.4. The van der Waals surface area contributed by atoms with Gasteiger partial charge in [-0.3, -0.25) is 9.59 Å². The molecule has 4 aliphatic rings. The second-order valence-electron chi connectivity index (χ2n) is 19.1.